The molecule has 1 heteroatoms. The molecule has 0 aliphatic rings. The summed E-state index contributed by atoms with van der Waals surface area (Å²) in [5.41, 5.74) is 0. The van der Waals surface area contributed by atoms with Gasteiger partial charge >= 0.3 is 29.6 Å². The maximum Gasteiger partial charge on any atom is 1.00 e. The fourth-order valence-electron chi connectivity index (χ4n) is 0.342. The summed E-state index contributed by atoms with van der Waals surface area (Å²) in [6.45, 7) is 0. The van der Waals surface area contributed by atoms with Crippen LogP contribution in [0.4, 0.5) is 0 Å². The first-order valence-corrected chi connectivity index (χ1v) is 1.91. The van der Waals surface area contributed by atoms with Gasteiger partial charge in [0.2, 0.25) is 0 Å². The Bertz CT molecular complexity index is 76.1. The third kappa shape index (κ3) is 2.86. The van der Waals surface area contributed by atoms with Gasteiger partial charge in [-0.15, -0.1) is 0 Å². The smallest absolute Gasteiger partial charge is 0.184 e. The molecule has 0 aliphatic carbocycles. The Morgan fingerprint density at radius 2 is 1.43 bits per heavy atom. The van der Waals surface area contributed by atoms with Crippen molar-refractivity contribution in [2.24, 2.45) is 0 Å². The topological polar surface area (TPSA) is 0 Å². The van der Waals surface area contributed by atoms with Crippen molar-refractivity contribution >= 4 is 0 Å². The number of benzene rings is 1. The quantitative estimate of drug-likeness (QED) is 0.275. The second-order valence-corrected chi connectivity index (χ2v) is 1.08. The van der Waals surface area contributed by atoms with Crippen LogP contribution >= 0.6 is 0 Å². The summed E-state index contributed by atoms with van der Waals surface area (Å²) in [6, 6.07) is 12.5. The van der Waals surface area contributed by atoms with Crippen molar-refractivity contribution in [3.63, 3.8) is 0 Å². The van der Waals surface area contributed by atoms with Crippen LogP contribution in [-0.4, -0.2) is 0 Å². The summed E-state index contributed by atoms with van der Waals surface area (Å²) in [4.78, 5) is 0. The van der Waals surface area contributed by atoms with Crippen LogP contribution < -0.4 is 29.6 Å². The average molecular weight is 100 g/mol. The van der Waals surface area contributed by atoms with Crippen LogP contribution in [-0.2, 0) is 0 Å². The number of rotatable bonds is 0. The summed E-state index contributed by atoms with van der Waals surface area (Å²) < 4.78 is 0. The van der Waals surface area contributed by atoms with Gasteiger partial charge in [-0.25, -0.2) is 0 Å². The van der Waals surface area contributed by atoms with E-state index >= 15 is 0 Å². The van der Waals surface area contributed by atoms with E-state index in [1.807, 2.05) is 30.3 Å². The van der Waals surface area contributed by atoms with Crippen molar-refractivity contribution in [3.8, 4) is 0 Å². The summed E-state index contributed by atoms with van der Waals surface area (Å²) in [7, 11) is 0. The second kappa shape index (κ2) is 4.38. The van der Waals surface area contributed by atoms with Gasteiger partial charge < -0.3 is 0 Å². The summed E-state index contributed by atoms with van der Waals surface area (Å²) in [5.74, 6) is 0. The number of hydrogen-bond acceptors (Lipinski definition) is 0. The van der Waals surface area contributed by atoms with Crippen LogP contribution in [0.1, 0.15) is 0 Å². The summed E-state index contributed by atoms with van der Waals surface area (Å²) >= 11 is 0. The SMILES string of the molecule is [Na+].[c-]1ccccc1. The van der Waals surface area contributed by atoms with Gasteiger partial charge in [0.05, 0.1) is 0 Å². The van der Waals surface area contributed by atoms with Gasteiger partial charge in [0.15, 0.2) is 0 Å². The van der Waals surface area contributed by atoms with Crippen LogP contribution in [0.2, 0.25) is 0 Å². The largest absolute Gasteiger partial charge is 1.00 e. The molecule has 0 aliphatic heterocycles. The zero-order chi connectivity index (χ0) is 4.24. The Hall–Kier alpha value is 0.220. The van der Waals surface area contributed by atoms with Gasteiger partial charge in [0.25, 0.3) is 0 Å². The third-order valence-corrected chi connectivity index (χ3v) is 0.607. The fraction of sp³-hybridized carbons (Fsp3) is 0. The molecule has 1 rings (SSSR count). The predicted octanol–water partition coefficient (Wildman–Crippen LogP) is -1.51. The third-order valence-electron chi connectivity index (χ3n) is 0.607. The van der Waals surface area contributed by atoms with Crippen LogP contribution in [0, 0.1) is 6.07 Å². The van der Waals surface area contributed by atoms with E-state index in [-0.39, 0.29) is 29.6 Å². The maximum atomic E-state index is 2.89. The molecule has 0 spiro atoms. The Balaban J connectivity index is 0.000000360. The van der Waals surface area contributed by atoms with Crippen molar-refractivity contribution in [2.75, 3.05) is 0 Å². The van der Waals surface area contributed by atoms with Crippen molar-refractivity contribution in [3.05, 3.63) is 36.4 Å². The standard InChI is InChI=1S/C6H5.Na/c1-2-4-6-5-3-1;/h1-5H;/q-1;+1. The Morgan fingerprint density at radius 3 is 1.57 bits per heavy atom. The van der Waals surface area contributed by atoms with E-state index in [1.54, 1.807) is 0 Å². The van der Waals surface area contributed by atoms with Gasteiger partial charge in [-0.1, -0.05) is 0 Å². The van der Waals surface area contributed by atoms with Crippen molar-refractivity contribution in [2.45, 2.75) is 0 Å². The van der Waals surface area contributed by atoms with Crippen molar-refractivity contribution in [1.29, 1.82) is 0 Å². The van der Waals surface area contributed by atoms with E-state index in [0.29, 0.717) is 0 Å². The van der Waals surface area contributed by atoms with E-state index in [1.165, 1.54) is 0 Å². The molecule has 0 saturated heterocycles. The van der Waals surface area contributed by atoms with Crippen LogP contribution in [0.25, 0.3) is 0 Å². The molecule has 0 saturated carbocycles. The maximum absolute atomic E-state index is 2.89. The van der Waals surface area contributed by atoms with Crippen molar-refractivity contribution < 1.29 is 29.6 Å². The molecule has 0 nitrogen and oxygen atoms in total. The van der Waals surface area contributed by atoms with Gasteiger partial charge in [-0.3, -0.25) is 0 Å². The molecular weight excluding hydrogens is 95.1 g/mol. The Morgan fingerprint density at radius 1 is 0.857 bits per heavy atom. The zero-order valence-electron chi connectivity index (χ0n) is 4.39. The zero-order valence-corrected chi connectivity index (χ0v) is 6.39. The molecule has 0 aromatic heterocycles. The minimum Gasteiger partial charge on any atom is -0.184 e. The summed E-state index contributed by atoms with van der Waals surface area (Å²) in [6.07, 6.45) is 0. The minimum atomic E-state index is 0. The first kappa shape index (κ1) is 7.22. The van der Waals surface area contributed by atoms with E-state index in [0.717, 1.165) is 0 Å². The average Bonchev–Trinajstić information content (AvgIpc) is 1.72. The normalized spacial score (nSPS) is 6.86. The molecule has 0 heterocycles. The molecule has 0 bridgehead atoms. The molecule has 7 heavy (non-hydrogen) atoms. The van der Waals surface area contributed by atoms with E-state index < -0.39 is 0 Å². The molecule has 0 N–H and O–H groups in total. The fourth-order valence-corrected chi connectivity index (χ4v) is 0.342. The molecule has 1 aromatic rings. The van der Waals surface area contributed by atoms with E-state index in [4.69, 9.17) is 0 Å². The van der Waals surface area contributed by atoms with Crippen LogP contribution in [0.3, 0.4) is 0 Å². The summed E-state index contributed by atoms with van der Waals surface area (Å²) in [5, 5.41) is 0. The Labute approximate surface area is 65.8 Å². The first-order chi connectivity index (χ1) is 3.00. The van der Waals surface area contributed by atoms with Gasteiger partial charge in [0.1, 0.15) is 0 Å². The van der Waals surface area contributed by atoms with Gasteiger partial charge in [-0.2, -0.15) is 36.4 Å². The monoisotopic (exact) mass is 100 g/mol. The molecule has 0 radical (unpaired) electrons. The minimum absolute atomic E-state index is 0. The second-order valence-electron chi connectivity index (χ2n) is 1.08. The molecule has 0 atom stereocenters. The van der Waals surface area contributed by atoms with Gasteiger partial charge in [-0.05, 0) is 0 Å². The van der Waals surface area contributed by atoms with E-state index in [9.17, 15) is 0 Å². The van der Waals surface area contributed by atoms with Crippen molar-refractivity contribution in [1.82, 2.24) is 0 Å². The first-order valence-electron chi connectivity index (χ1n) is 1.91. The molecule has 30 valence electrons. The molecule has 0 unspecified atom stereocenters. The van der Waals surface area contributed by atoms with Crippen LogP contribution in [0.5, 0.6) is 0 Å². The molecule has 1 aromatic carbocycles. The van der Waals surface area contributed by atoms with E-state index in [2.05, 4.69) is 6.07 Å². The molecule has 0 amide bonds. The molecule has 0 fully saturated rings. The molecular formula is C6H5Na. The van der Waals surface area contributed by atoms with Gasteiger partial charge in [0, 0.05) is 0 Å². The predicted molar refractivity (Wildman–Crippen MR) is 25.3 cm³/mol. The van der Waals surface area contributed by atoms with Crippen LogP contribution in [0.15, 0.2) is 30.3 Å². The number of hydrogen-bond donors (Lipinski definition) is 0. The Kier molecular flexibility index (Phi) is 4.52.